The smallest absolute Gasteiger partial charge is 0.329 e. The number of methoxy groups -OCH3 is 1. The summed E-state index contributed by atoms with van der Waals surface area (Å²) < 4.78 is 5.04. The average molecular weight is 327 g/mol. The summed E-state index contributed by atoms with van der Waals surface area (Å²) in [5.74, 6) is -0.962. The number of phenols is 1. The summed E-state index contributed by atoms with van der Waals surface area (Å²) in [5, 5.41) is 15.7. The molecule has 2 rings (SSSR count). The summed E-state index contributed by atoms with van der Waals surface area (Å²) in [7, 11) is 1.57. The molecule has 3 N–H and O–H groups in total. The molecule has 2 aromatic carbocycles. The van der Waals surface area contributed by atoms with Crippen LogP contribution in [0.3, 0.4) is 0 Å². The highest BCUT2D eigenvalue weighted by Crippen LogP contribution is 2.12. The van der Waals surface area contributed by atoms with Gasteiger partial charge in [0, 0.05) is 12.1 Å². The van der Waals surface area contributed by atoms with Crippen LogP contribution in [0.25, 0.3) is 0 Å². The Hall–Kier alpha value is -3.35. The van der Waals surface area contributed by atoms with Gasteiger partial charge in [-0.3, -0.25) is 9.59 Å². The van der Waals surface area contributed by atoms with Crippen LogP contribution in [0, 0.1) is 0 Å². The molecule has 7 nitrogen and oxygen atoms in total. The van der Waals surface area contributed by atoms with E-state index in [2.05, 4.69) is 15.8 Å². The number of hydrogen-bond acceptors (Lipinski definition) is 5. The second-order valence-corrected chi connectivity index (χ2v) is 4.79. The monoisotopic (exact) mass is 327 g/mol. The quantitative estimate of drug-likeness (QED) is 0.436. The maximum Gasteiger partial charge on any atom is 0.329 e. The SMILES string of the molecule is COc1ccc(CNC(=O)C(=O)N/N=C\c2ccccc2O)cc1. The number of hydrazone groups is 1. The van der Waals surface area contributed by atoms with Gasteiger partial charge in [0.05, 0.1) is 13.3 Å². The molecule has 0 radical (unpaired) electrons. The van der Waals surface area contributed by atoms with E-state index in [-0.39, 0.29) is 12.3 Å². The van der Waals surface area contributed by atoms with E-state index < -0.39 is 11.8 Å². The van der Waals surface area contributed by atoms with Gasteiger partial charge in [0.1, 0.15) is 11.5 Å². The lowest BCUT2D eigenvalue weighted by molar-refractivity contribution is -0.139. The van der Waals surface area contributed by atoms with E-state index in [0.717, 1.165) is 5.56 Å². The van der Waals surface area contributed by atoms with Gasteiger partial charge in [-0.25, -0.2) is 5.43 Å². The summed E-state index contributed by atoms with van der Waals surface area (Å²) >= 11 is 0. The topological polar surface area (TPSA) is 100 Å². The van der Waals surface area contributed by atoms with Crippen LogP contribution in [0.5, 0.6) is 11.5 Å². The van der Waals surface area contributed by atoms with Crippen LogP contribution in [0.2, 0.25) is 0 Å². The number of carbonyl (C=O) groups is 2. The van der Waals surface area contributed by atoms with Gasteiger partial charge < -0.3 is 15.2 Å². The van der Waals surface area contributed by atoms with Crippen LogP contribution in [-0.2, 0) is 16.1 Å². The van der Waals surface area contributed by atoms with E-state index in [0.29, 0.717) is 11.3 Å². The number of carbonyl (C=O) groups excluding carboxylic acids is 2. The molecule has 0 spiro atoms. The lowest BCUT2D eigenvalue weighted by atomic mass is 10.2. The minimum absolute atomic E-state index is 0.0273. The Labute approximate surface area is 139 Å². The zero-order valence-corrected chi connectivity index (χ0v) is 13.0. The number of benzene rings is 2. The molecular formula is C17H17N3O4. The molecule has 0 atom stereocenters. The Morgan fingerprint density at radius 3 is 2.50 bits per heavy atom. The predicted octanol–water partition coefficient (Wildman–Crippen LogP) is 1.17. The number of hydrogen-bond donors (Lipinski definition) is 3. The lowest BCUT2D eigenvalue weighted by Gasteiger charge is -2.05. The number of rotatable bonds is 5. The fraction of sp³-hybridized carbons (Fsp3) is 0.118. The molecule has 0 aliphatic heterocycles. The number of para-hydroxylation sites is 1. The van der Waals surface area contributed by atoms with Crippen molar-refractivity contribution in [2.75, 3.05) is 7.11 Å². The molecule has 0 bridgehead atoms. The number of phenolic OH excluding ortho intramolecular Hbond substituents is 1. The van der Waals surface area contributed by atoms with E-state index in [1.165, 1.54) is 12.3 Å². The minimum atomic E-state index is -0.893. The molecular weight excluding hydrogens is 310 g/mol. The van der Waals surface area contributed by atoms with Crippen molar-refractivity contribution in [2.24, 2.45) is 5.10 Å². The third kappa shape index (κ3) is 4.84. The van der Waals surface area contributed by atoms with Gasteiger partial charge in [-0.15, -0.1) is 0 Å². The highest BCUT2D eigenvalue weighted by atomic mass is 16.5. The van der Waals surface area contributed by atoms with Gasteiger partial charge >= 0.3 is 11.8 Å². The molecule has 2 aromatic rings. The van der Waals surface area contributed by atoms with Crippen LogP contribution >= 0.6 is 0 Å². The van der Waals surface area contributed by atoms with Crippen molar-refractivity contribution in [3.8, 4) is 11.5 Å². The summed E-state index contributed by atoms with van der Waals surface area (Å²) in [5.41, 5.74) is 3.36. The largest absolute Gasteiger partial charge is 0.507 e. The van der Waals surface area contributed by atoms with Gasteiger partial charge in [-0.05, 0) is 29.8 Å². The minimum Gasteiger partial charge on any atom is -0.507 e. The molecule has 2 amide bonds. The number of nitrogens with one attached hydrogen (secondary N) is 2. The predicted molar refractivity (Wildman–Crippen MR) is 88.7 cm³/mol. The summed E-state index contributed by atoms with van der Waals surface area (Å²) in [4.78, 5) is 23.3. The Bertz CT molecular complexity index is 742. The second kappa shape index (κ2) is 8.33. The molecule has 0 saturated heterocycles. The van der Waals surface area contributed by atoms with Crippen molar-refractivity contribution in [1.82, 2.24) is 10.7 Å². The van der Waals surface area contributed by atoms with Gasteiger partial charge in [0.25, 0.3) is 0 Å². The highest BCUT2D eigenvalue weighted by molar-refractivity contribution is 6.35. The molecule has 124 valence electrons. The third-order valence-electron chi connectivity index (χ3n) is 3.12. The number of aromatic hydroxyl groups is 1. The van der Waals surface area contributed by atoms with E-state index in [9.17, 15) is 14.7 Å². The molecule has 0 aliphatic carbocycles. The Kier molecular flexibility index (Phi) is 5.90. The van der Waals surface area contributed by atoms with Crippen molar-refractivity contribution >= 4 is 18.0 Å². The molecule has 7 heteroatoms. The first-order valence-electron chi connectivity index (χ1n) is 7.12. The van der Waals surface area contributed by atoms with Crippen LogP contribution < -0.4 is 15.5 Å². The maximum atomic E-state index is 11.7. The van der Waals surface area contributed by atoms with E-state index in [1.54, 1.807) is 49.6 Å². The fourth-order valence-electron chi connectivity index (χ4n) is 1.81. The fourth-order valence-corrected chi connectivity index (χ4v) is 1.81. The molecule has 0 aromatic heterocycles. The highest BCUT2D eigenvalue weighted by Gasteiger charge is 2.11. The lowest BCUT2D eigenvalue weighted by Crippen LogP contribution is -2.37. The summed E-state index contributed by atoms with van der Waals surface area (Å²) in [6, 6.07) is 13.6. The summed E-state index contributed by atoms with van der Waals surface area (Å²) in [6.45, 7) is 0.208. The second-order valence-electron chi connectivity index (χ2n) is 4.79. The van der Waals surface area contributed by atoms with Gasteiger partial charge in [0.2, 0.25) is 0 Å². The Morgan fingerprint density at radius 2 is 1.83 bits per heavy atom. The zero-order chi connectivity index (χ0) is 17.4. The van der Waals surface area contributed by atoms with Crippen LogP contribution in [0.1, 0.15) is 11.1 Å². The van der Waals surface area contributed by atoms with E-state index >= 15 is 0 Å². The molecule has 0 aliphatic rings. The van der Waals surface area contributed by atoms with E-state index in [4.69, 9.17) is 4.74 Å². The van der Waals surface area contributed by atoms with Crippen LogP contribution in [-0.4, -0.2) is 30.2 Å². The van der Waals surface area contributed by atoms with Gasteiger partial charge in [-0.2, -0.15) is 5.10 Å². The molecule has 0 heterocycles. The van der Waals surface area contributed by atoms with Crippen LogP contribution in [0.15, 0.2) is 53.6 Å². The maximum absolute atomic E-state index is 11.7. The van der Waals surface area contributed by atoms with Crippen molar-refractivity contribution < 1.29 is 19.4 Å². The van der Waals surface area contributed by atoms with Gasteiger partial charge in [-0.1, -0.05) is 24.3 Å². The Balaban J connectivity index is 1.81. The van der Waals surface area contributed by atoms with Gasteiger partial charge in [0.15, 0.2) is 0 Å². The van der Waals surface area contributed by atoms with Crippen molar-refractivity contribution in [2.45, 2.75) is 6.54 Å². The first-order chi connectivity index (χ1) is 11.6. The standard InChI is InChI=1S/C17H17N3O4/c1-24-14-8-6-12(7-9-14)10-18-16(22)17(23)20-19-11-13-4-2-3-5-15(13)21/h2-9,11,21H,10H2,1H3,(H,18,22)(H,20,23)/b19-11-. The van der Waals surface area contributed by atoms with Crippen LogP contribution in [0.4, 0.5) is 0 Å². The molecule has 0 unspecified atom stereocenters. The molecule has 24 heavy (non-hydrogen) atoms. The summed E-state index contributed by atoms with van der Waals surface area (Å²) in [6.07, 6.45) is 1.25. The molecule has 0 saturated carbocycles. The van der Waals surface area contributed by atoms with Crippen molar-refractivity contribution in [3.63, 3.8) is 0 Å². The zero-order valence-electron chi connectivity index (χ0n) is 13.0. The normalized spacial score (nSPS) is 10.4. The number of ether oxygens (including phenoxy) is 1. The number of nitrogens with zero attached hydrogens (tertiary/aromatic N) is 1. The van der Waals surface area contributed by atoms with Crippen molar-refractivity contribution in [3.05, 3.63) is 59.7 Å². The van der Waals surface area contributed by atoms with Crippen molar-refractivity contribution in [1.29, 1.82) is 0 Å². The average Bonchev–Trinajstić information content (AvgIpc) is 2.61. The number of amides is 2. The first-order valence-corrected chi connectivity index (χ1v) is 7.12. The third-order valence-corrected chi connectivity index (χ3v) is 3.12. The van der Waals surface area contributed by atoms with E-state index in [1.807, 2.05) is 0 Å². The first kappa shape index (κ1) is 17.0. The Morgan fingerprint density at radius 1 is 1.12 bits per heavy atom. The molecule has 0 fully saturated rings.